The molecule has 0 aromatic rings. The summed E-state index contributed by atoms with van der Waals surface area (Å²) < 4.78 is 0. The highest BCUT2D eigenvalue weighted by molar-refractivity contribution is 6.78. The van der Waals surface area contributed by atoms with Crippen LogP contribution in [0.15, 0.2) is 12.7 Å². The number of unbranched alkanes of at least 4 members (excludes halogenated alkanes) is 2. The van der Waals surface area contributed by atoms with Gasteiger partial charge in [-0.25, -0.2) is 0 Å². The van der Waals surface area contributed by atoms with Crippen LogP contribution in [0.1, 0.15) is 32.6 Å². The average molecular weight is 184 g/mol. The van der Waals surface area contributed by atoms with Crippen LogP contribution in [-0.4, -0.2) is 8.07 Å². The Hall–Kier alpha value is -0.0431. The highest BCUT2D eigenvalue weighted by Crippen LogP contribution is 2.28. The van der Waals surface area contributed by atoms with Crippen molar-refractivity contribution in [2.75, 3.05) is 0 Å². The van der Waals surface area contributed by atoms with Crippen molar-refractivity contribution in [2.24, 2.45) is 0 Å². The van der Waals surface area contributed by atoms with Gasteiger partial charge >= 0.3 is 0 Å². The first-order valence-corrected chi connectivity index (χ1v) is 8.72. The van der Waals surface area contributed by atoms with Crippen molar-refractivity contribution >= 4 is 8.07 Å². The largest absolute Gasteiger partial charge is 0.103 e. The molecule has 0 radical (unpaired) electrons. The Morgan fingerprint density at radius 3 is 2.17 bits per heavy atom. The van der Waals surface area contributed by atoms with E-state index in [9.17, 15) is 0 Å². The van der Waals surface area contributed by atoms with Crippen molar-refractivity contribution in [1.82, 2.24) is 0 Å². The Kier molecular flexibility index (Phi) is 5.56. The maximum absolute atomic E-state index is 3.94. The summed E-state index contributed by atoms with van der Waals surface area (Å²) in [4.78, 5) is 0. The molecular formula is C11H24Si. The van der Waals surface area contributed by atoms with Crippen LogP contribution < -0.4 is 0 Å². The van der Waals surface area contributed by atoms with E-state index in [1.54, 1.807) is 0 Å². The molecule has 0 aliphatic carbocycles. The molecular weight excluding hydrogens is 160 g/mol. The summed E-state index contributed by atoms with van der Waals surface area (Å²) in [6, 6.07) is 0. The number of hydrogen-bond donors (Lipinski definition) is 0. The highest BCUT2D eigenvalue weighted by Gasteiger charge is 2.22. The smallest absolute Gasteiger partial charge is 0.0513 e. The summed E-state index contributed by atoms with van der Waals surface area (Å²) in [7, 11) is -0.955. The predicted octanol–water partition coefficient (Wildman–Crippen LogP) is 4.46. The van der Waals surface area contributed by atoms with Crippen molar-refractivity contribution in [1.29, 1.82) is 0 Å². The molecule has 0 N–H and O–H groups in total. The first-order valence-electron chi connectivity index (χ1n) is 5.15. The Labute approximate surface area is 79.1 Å². The molecule has 12 heavy (non-hydrogen) atoms. The normalized spacial score (nSPS) is 14.3. The molecule has 0 heterocycles. The first kappa shape index (κ1) is 12.0. The van der Waals surface area contributed by atoms with E-state index in [0.29, 0.717) is 0 Å². The summed E-state index contributed by atoms with van der Waals surface area (Å²) in [5.74, 6) is 0. The lowest BCUT2D eigenvalue weighted by Crippen LogP contribution is -2.26. The van der Waals surface area contributed by atoms with Gasteiger partial charge in [-0.2, -0.15) is 0 Å². The van der Waals surface area contributed by atoms with Crippen LogP contribution >= 0.6 is 0 Å². The lowest BCUT2D eigenvalue weighted by atomic mass is 10.1. The van der Waals surface area contributed by atoms with Gasteiger partial charge < -0.3 is 0 Å². The summed E-state index contributed by atoms with van der Waals surface area (Å²) in [5, 5.41) is 0. The van der Waals surface area contributed by atoms with Gasteiger partial charge in [0.2, 0.25) is 0 Å². The van der Waals surface area contributed by atoms with Crippen molar-refractivity contribution in [3.8, 4) is 0 Å². The van der Waals surface area contributed by atoms with Gasteiger partial charge in [-0.15, -0.1) is 6.58 Å². The molecule has 1 heteroatoms. The molecule has 0 saturated heterocycles. The van der Waals surface area contributed by atoms with E-state index in [2.05, 4.69) is 39.2 Å². The van der Waals surface area contributed by atoms with E-state index in [0.717, 1.165) is 5.54 Å². The average Bonchev–Trinajstić information content (AvgIpc) is 1.95. The van der Waals surface area contributed by atoms with Gasteiger partial charge in [0, 0.05) is 0 Å². The van der Waals surface area contributed by atoms with E-state index in [1.807, 2.05) is 0 Å². The van der Waals surface area contributed by atoms with E-state index in [1.165, 1.54) is 25.7 Å². The Balaban J connectivity index is 3.76. The second kappa shape index (κ2) is 5.58. The molecule has 0 aromatic carbocycles. The van der Waals surface area contributed by atoms with Crippen LogP contribution in [0.5, 0.6) is 0 Å². The molecule has 0 saturated carbocycles. The van der Waals surface area contributed by atoms with Gasteiger partial charge in [0.05, 0.1) is 8.07 Å². The van der Waals surface area contributed by atoms with Crippen molar-refractivity contribution in [3.05, 3.63) is 12.7 Å². The number of hydrogen-bond acceptors (Lipinski definition) is 0. The van der Waals surface area contributed by atoms with Crippen LogP contribution in [-0.2, 0) is 0 Å². The molecule has 0 amide bonds. The molecule has 0 aromatic heterocycles. The summed E-state index contributed by atoms with van der Waals surface area (Å²) in [6.45, 7) is 13.5. The maximum Gasteiger partial charge on any atom is 0.0513 e. The Morgan fingerprint density at radius 2 is 1.83 bits per heavy atom. The molecule has 0 rings (SSSR count). The zero-order valence-corrected chi connectivity index (χ0v) is 10.2. The first-order chi connectivity index (χ1) is 5.52. The predicted molar refractivity (Wildman–Crippen MR) is 61.4 cm³/mol. The van der Waals surface area contributed by atoms with Crippen LogP contribution in [0.2, 0.25) is 25.2 Å². The van der Waals surface area contributed by atoms with Crippen LogP contribution in [0.3, 0.4) is 0 Å². The highest BCUT2D eigenvalue weighted by atomic mass is 28.3. The molecule has 0 aliphatic rings. The van der Waals surface area contributed by atoms with Gasteiger partial charge in [0.25, 0.3) is 0 Å². The van der Waals surface area contributed by atoms with Gasteiger partial charge in [0.15, 0.2) is 0 Å². The third-order valence-corrected chi connectivity index (χ3v) is 5.26. The molecule has 0 nitrogen and oxygen atoms in total. The molecule has 0 spiro atoms. The van der Waals surface area contributed by atoms with Crippen molar-refractivity contribution < 1.29 is 0 Å². The van der Waals surface area contributed by atoms with E-state index in [-0.39, 0.29) is 0 Å². The van der Waals surface area contributed by atoms with Crippen molar-refractivity contribution in [2.45, 2.75) is 57.8 Å². The zero-order chi connectivity index (χ0) is 9.61. The number of rotatable bonds is 6. The van der Waals surface area contributed by atoms with Gasteiger partial charge in [-0.05, 0) is 12.0 Å². The summed E-state index contributed by atoms with van der Waals surface area (Å²) in [6.07, 6.45) is 7.65. The summed E-state index contributed by atoms with van der Waals surface area (Å²) >= 11 is 0. The fraction of sp³-hybridized carbons (Fsp3) is 0.818. The quantitative estimate of drug-likeness (QED) is 0.325. The molecule has 1 unspecified atom stereocenters. The Bertz CT molecular complexity index is 121. The third kappa shape index (κ3) is 4.76. The standard InChI is InChI=1S/C11H24Si/c1-6-8-9-10-11(7-2)12(3,4)5/h7,11H,2,6,8-10H2,1,3-5H3. The summed E-state index contributed by atoms with van der Waals surface area (Å²) in [5.41, 5.74) is 0.823. The van der Waals surface area contributed by atoms with Gasteiger partial charge in [0.1, 0.15) is 0 Å². The molecule has 0 bridgehead atoms. The molecule has 0 aliphatic heterocycles. The minimum absolute atomic E-state index is 0.823. The monoisotopic (exact) mass is 184 g/mol. The van der Waals surface area contributed by atoms with Gasteiger partial charge in [-0.3, -0.25) is 0 Å². The van der Waals surface area contributed by atoms with Crippen LogP contribution in [0.25, 0.3) is 0 Å². The van der Waals surface area contributed by atoms with Crippen LogP contribution in [0.4, 0.5) is 0 Å². The molecule has 0 fully saturated rings. The van der Waals surface area contributed by atoms with E-state index >= 15 is 0 Å². The lowest BCUT2D eigenvalue weighted by molar-refractivity contribution is 0.666. The van der Waals surface area contributed by atoms with E-state index < -0.39 is 8.07 Å². The maximum atomic E-state index is 3.94. The third-order valence-electron chi connectivity index (χ3n) is 2.52. The SMILES string of the molecule is C=CC(CCCCC)[Si](C)(C)C. The second-order valence-corrected chi connectivity index (χ2v) is 10.2. The zero-order valence-electron chi connectivity index (χ0n) is 9.19. The number of allylic oxidation sites excluding steroid dienone is 1. The van der Waals surface area contributed by atoms with E-state index in [4.69, 9.17) is 0 Å². The minimum Gasteiger partial charge on any atom is -0.103 e. The lowest BCUT2D eigenvalue weighted by Gasteiger charge is -2.25. The fourth-order valence-electron chi connectivity index (χ4n) is 1.52. The second-order valence-electron chi connectivity index (χ2n) is 4.70. The molecule has 1 atom stereocenters. The topological polar surface area (TPSA) is 0 Å². The van der Waals surface area contributed by atoms with Gasteiger partial charge in [-0.1, -0.05) is 51.9 Å². The molecule has 72 valence electrons. The van der Waals surface area contributed by atoms with Crippen molar-refractivity contribution in [3.63, 3.8) is 0 Å². The fourth-order valence-corrected chi connectivity index (χ4v) is 3.30. The minimum atomic E-state index is -0.955. The Morgan fingerprint density at radius 1 is 1.25 bits per heavy atom. The van der Waals surface area contributed by atoms with Crippen LogP contribution in [0, 0.1) is 0 Å².